The van der Waals surface area contributed by atoms with Crippen LogP contribution in [0.2, 0.25) is 0 Å². The molecule has 0 aliphatic carbocycles. The van der Waals surface area contributed by atoms with Crippen molar-refractivity contribution < 1.29 is 27.2 Å². The number of hydrogen-bond acceptors (Lipinski definition) is 4. The molecule has 4 nitrogen and oxygen atoms in total. The van der Waals surface area contributed by atoms with Gasteiger partial charge in [-0.25, -0.2) is 0 Å². The van der Waals surface area contributed by atoms with Crippen LogP contribution in [0.15, 0.2) is 42.5 Å². The fraction of sp³-hybridized carbons (Fsp3) is 0.368. The first-order chi connectivity index (χ1) is 12.4. The first-order valence-corrected chi connectivity index (χ1v) is 8.49. The van der Waals surface area contributed by atoms with E-state index >= 15 is 0 Å². The van der Waals surface area contributed by atoms with Crippen molar-refractivity contribution in [1.29, 1.82) is 0 Å². The van der Waals surface area contributed by atoms with Gasteiger partial charge in [-0.2, -0.15) is 13.2 Å². The van der Waals surface area contributed by atoms with Gasteiger partial charge in [0.15, 0.2) is 0 Å². The first-order valence-electron chi connectivity index (χ1n) is 8.49. The zero-order valence-electron chi connectivity index (χ0n) is 15.6. The third-order valence-corrected chi connectivity index (χ3v) is 4.97. The third-order valence-electron chi connectivity index (χ3n) is 4.97. The van der Waals surface area contributed by atoms with E-state index in [1.54, 1.807) is 24.3 Å². The van der Waals surface area contributed by atoms with Crippen LogP contribution >= 0.6 is 0 Å². The van der Waals surface area contributed by atoms with E-state index in [2.05, 4.69) is 0 Å². The van der Waals surface area contributed by atoms with E-state index in [0.717, 1.165) is 17.6 Å². The Hall–Kier alpha value is -2.19. The number of hydrogen-bond donors (Lipinski definition) is 1. The van der Waals surface area contributed by atoms with Crippen molar-refractivity contribution in [1.82, 2.24) is 0 Å². The van der Waals surface area contributed by atoms with Crippen LogP contribution in [0.4, 0.5) is 18.9 Å². The van der Waals surface area contributed by atoms with E-state index in [9.17, 15) is 13.2 Å². The quantitative estimate of drug-likeness (QED) is 0.635. The molecule has 1 fully saturated rings. The number of alkyl halides is 3. The van der Waals surface area contributed by atoms with E-state index in [1.165, 1.54) is 6.07 Å². The molecule has 0 bridgehead atoms. The summed E-state index contributed by atoms with van der Waals surface area (Å²) in [6.45, 7) is 7.88. The lowest BCUT2D eigenvalue weighted by Gasteiger charge is -2.32. The summed E-state index contributed by atoms with van der Waals surface area (Å²) >= 11 is 0. The highest BCUT2D eigenvalue weighted by Crippen LogP contribution is 2.37. The molecule has 144 valence electrons. The van der Waals surface area contributed by atoms with Gasteiger partial charge in [-0.15, -0.1) is 0 Å². The van der Waals surface area contributed by atoms with Crippen molar-refractivity contribution in [2.24, 2.45) is 0 Å². The van der Waals surface area contributed by atoms with Crippen LogP contribution in [0.3, 0.4) is 0 Å². The molecule has 0 radical (unpaired) electrons. The summed E-state index contributed by atoms with van der Waals surface area (Å²) in [6.07, 6.45) is -4.45. The molecule has 2 aromatic carbocycles. The zero-order valence-corrected chi connectivity index (χ0v) is 15.6. The highest BCUT2D eigenvalue weighted by molar-refractivity contribution is 6.62. The van der Waals surface area contributed by atoms with Crippen molar-refractivity contribution in [2.75, 3.05) is 5.73 Å². The first kappa shape index (κ1) is 19.6. The zero-order chi connectivity index (χ0) is 20.0. The number of anilines is 1. The maximum absolute atomic E-state index is 12.7. The van der Waals surface area contributed by atoms with Gasteiger partial charge < -0.3 is 19.8 Å². The summed E-state index contributed by atoms with van der Waals surface area (Å²) < 4.78 is 55.7. The van der Waals surface area contributed by atoms with Crippen LogP contribution < -0.4 is 15.9 Å². The molecule has 0 atom stereocenters. The fourth-order valence-electron chi connectivity index (χ4n) is 2.62. The lowest BCUT2D eigenvalue weighted by molar-refractivity contribution is -0.137. The monoisotopic (exact) mass is 379 g/mol. The number of rotatable bonds is 3. The van der Waals surface area contributed by atoms with Crippen molar-refractivity contribution in [2.45, 2.75) is 45.1 Å². The third kappa shape index (κ3) is 3.91. The number of ether oxygens (including phenoxy) is 1. The molecular weight excluding hydrogens is 358 g/mol. The number of benzene rings is 2. The summed E-state index contributed by atoms with van der Waals surface area (Å²) in [6, 6.07) is 9.96. The average Bonchev–Trinajstić information content (AvgIpc) is 2.77. The Morgan fingerprint density at radius 3 is 1.96 bits per heavy atom. The van der Waals surface area contributed by atoms with Gasteiger partial charge in [0.2, 0.25) is 0 Å². The molecule has 0 unspecified atom stereocenters. The molecule has 1 aliphatic rings. The minimum Gasteiger partial charge on any atom is -0.455 e. The van der Waals surface area contributed by atoms with Gasteiger partial charge in [0.1, 0.15) is 11.5 Å². The molecule has 0 amide bonds. The van der Waals surface area contributed by atoms with Crippen LogP contribution in [0, 0.1) is 0 Å². The molecule has 2 N–H and O–H groups in total. The maximum Gasteiger partial charge on any atom is 0.494 e. The number of nitrogen functional groups attached to an aromatic ring is 1. The minimum atomic E-state index is -4.45. The minimum absolute atomic E-state index is 0.0835. The van der Waals surface area contributed by atoms with E-state index in [4.69, 9.17) is 19.8 Å². The Labute approximate surface area is 156 Å². The van der Waals surface area contributed by atoms with E-state index in [0.29, 0.717) is 5.75 Å². The molecule has 1 heterocycles. The Morgan fingerprint density at radius 1 is 0.926 bits per heavy atom. The Kier molecular flexibility index (Phi) is 4.68. The lowest BCUT2D eigenvalue weighted by atomic mass is 9.79. The second-order valence-corrected chi connectivity index (χ2v) is 7.51. The maximum atomic E-state index is 12.7. The summed E-state index contributed by atoms with van der Waals surface area (Å²) in [4.78, 5) is 0. The summed E-state index contributed by atoms with van der Waals surface area (Å²) in [5.74, 6) is 0.605. The van der Waals surface area contributed by atoms with Crippen molar-refractivity contribution in [3.8, 4) is 11.5 Å². The SMILES string of the molecule is CC1(C)OB(c2ccc(Oc3ccc(C(F)(F)F)cc3N)cc2)OC1(C)C. The second kappa shape index (κ2) is 6.46. The van der Waals surface area contributed by atoms with Gasteiger partial charge >= 0.3 is 13.3 Å². The van der Waals surface area contributed by atoms with Gasteiger partial charge in [-0.3, -0.25) is 0 Å². The van der Waals surface area contributed by atoms with Gasteiger partial charge in [-0.1, -0.05) is 12.1 Å². The van der Waals surface area contributed by atoms with Crippen LogP contribution in [0.5, 0.6) is 11.5 Å². The van der Waals surface area contributed by atoms with E-state index < -0.39 is 30.1 Å². The lowest BCUT2D eigenvalue weighted by Crippen LogP contribution is -2.41. The predicted molar refractivity (Wildman–Crippen MR) is 98.1 cm³/mol. The average molecular weight is 379 g/mol. The summed E-state index contributed by atoms with van der Waals surface area (Å²) in [5, 5.41) is 0. The smallest absolute Gasteiger partial charge is 0.455 e. The molecule has 1 saturated heterocycles. The second-order valence-electron chi connectivity index (χ2n) is 7.51. The van der Waals surface area contributed by atoms with Crippen molar-refractivity contribution >= 4 is 18.3 Å². The van der Waals surface area contributed by atoms with E-state index in [-0.39, 0.29) is 11.4 Å². The van der Waals surface area contributed by atoms with Gasteiger partial charge in [0.05, 0.1) is 22.5 Å². The molecule has 3 rings (SSSR count). The highest BCUT2D eigenvalue weighted by atomic mass is 19.4. The molecule has 1 aliphatic heterocycles. The van der Waals surface area contributed by atoms with Crippen LogP contribution in [-0.4, -0.2) is 18.3 Å². The Balaban J connectivity index is 1.74. The number of nitrogens with two attached hydrogens (primary N) is 1. The van der Waals surface area contributed by atoms with Crippen LogP contribution in [0.25, 0.3) is 0 Å². The topological polar surface area (TPSA) is 53.7 Å². The highest BCUT2D eigenvalue weighted by Gasteiger charge is 2.51. The number of halogens is 3. The van der Waals surface area contributed by atoms with Gasteiger partial charge in [-0.05, 0) is 63.5 Å². The summed E-state index contributed by atoms with van der Waals surface area (Å²) in [5.41, 5.74) is 4.73. The summed E-state index contributed by atoms with van der Waals surface area (Å²) in [7, 11) is -0.500. The van der Waals surface area contributed by atoms with Crippen LogP contribution in [0.1, 0.15) is 33.3 Å². The van der Waals surface area contributed by atoms with Gasteiger partial charge in [0, 0.05) is 0 Å². The van der Waals surface area contributed by atoms with Crippen LogP contribution in [-0.2, 0) is 15.5 Å². The van der Waals surface area contributed by atoms with E-state index in [1.807, 2.05) is 27.7 Å². The molecule has 0 saturated carbocycles. The molecule has 27 heavy (non-hydrogen) atoms. The predicted octanol–water partition coefficient (Wildman–Crippen LogP) is 4.38. The normalized spacial score (nSPS) is 18.6. The van der Waals surface area contributed by atoms with Crippen molar-refractivity contribution in [3.63, 3.8) is 0 Å². The standard InChI is InChI=1S/C19H21BF3NO3/c1-17(2)18(3,4)27-20(26-17)13-6-8-14(9-7-13)25-16-10-5-12(11-15(16)24)19(21,22)23/h5-11H,24H2,1-4H3. The molecular formula is C19H21BF3NO3. The van der Waals surface area contributed by atoms with Crippen molar-refractivity contribution in [3.05, 3.63) is 48.0 Å². The molecule has 8 heteroatoms. The Morgan fingerprint density at radius 2 is 1.48 bits per heavy atom. The largest absolute Gasteiger partial charge is 0.494 e. The fourth-order valence-corrected chi connectivity index (χ4v) is 2.62. The molecule has 2 aromatic rings. The molecule has 0 spiro atoms. The Bertz CT molecular complexity index is 819. The van der Waals surface area contributed by atoms with Gasteiger partial charge in [0.25, 0.3) is 0 Å². The molecule has 0 aromatic heterocycles.